The molecule has 1 aliphatic rings. The number of aryl methyl sites for hydroxylation is 1. The van der Waals surface area contributed by atoms with Crippen LogP contribution in [0, 0.1) is 17.0 Å². The fraction of sp³-hybridized carbons (Fsp3) is 0.231. The number of benzene rings is 1. The molecule has 0 unspecified atom stereocenters. The first kappa shape index (κ1) is 17.4. The molecule has 0 saturated heterocycles. The first-order valence-corrected chi connectivity index (χ1v) is 7.58. The minimum atomic E-state index is -0.707. The summed E-state index contributed by atoms with van der Waals surface area (Å²) in [7, 11) is 0. The normalized spacial score (nSPS) is 16.5. The van der Waals surface area contributed by atoms with E-state index in [-0.39, 0.29) is 23.2 Å². The molecule has 1 aromatic carbocycles. The molecule has 10 nitrogen and oxygen atoms in total. The van der Waals surface area contributed by atoms with Crippen molar-refractivity contribution in [3.63, 3.8) is 0 Å². The van der Waals surface area contributed by atoms with Crippen LogP contribution in [0.15, 0.2) is 28.2 Å². The Morgan fingerprint density at radius 3 is 2.79 bits per heavy atom. The maximum absolute atomic E-state index is 12.1. The largest absolute Gasteiger partial charge is 0.370 e. The molecular formula is C13H14N6O4S. The number of amidine groups is 1. The van der Waals surface area contributed by atoms with E-state index in [1.807, 2.05) is 0 Å². The fourth-order valence-electron chi connectivity index (χ4n) is 1.93. The maximum Gasteiger partial charge on any atom is 0.269 e. The van der Waals surface area contributed by atoms with Crippen LogP contribution in [-0.2, 0) is 9.59 Å². The van der Waals surface area contributed by atoms with Gasteiger partial charge in [0.2, 0.25) is 5.91 Å². The van der Waals surface area contributed by atoms with Gasteiger partial charge in [-0.25, -0.2) is 0 Å². The minimum absolute atomic E-state index is 0.0673. The summed E-state index contributed by atoms with van der Waals surface area (Å²) in [4.78, 5) is 41.3. The van der Waals surface area contributed by atoms with Crippen LogP contribution in [0.3, 0.4) is 0 Å². The Morgan fingerprint density at radius 2 is 2.21 bits per heavy atom. The molecule has 0 spiro atoms. The van der Waals surface area contributed by atoms with Crippen molar-refractivity contribution in [2.45, 2.75) is 18.6 Å². The highest BCUT2D eigenvalue weighted by molar-refractivity contribution is 8.15. The molecule has 0 aliphatic carbocycles. The molecule has 0 aromatic heterocycles. The number of guanidine groups is 1. The Labute approximate surface area is 140 Å². The first-order chi connectivity index (χ1) is 11.3. The van der Waals surface area contributed by atoms with Gasteiger partial charge in [-0.2, -0.15) is 9.98 Å². The molecule has 2 amide bonds. The highest BCUT2D eigenvalue weighted by Crippen LogP contribution is 2.27. The summed E-state index contributed by atoms with van der Waals surface area (Å²) in [6.07, 6.45) is -0.118. The van der Waals surface area contributed by atoms with Gasteiger partial charge in [-0.1, -0.05) is 11.8 Å². The number of hydrogen-bond donors (Lipinski definition) is 3. The van der Waals surface area contributed by atoms with Gasteiger partial charge >= 0.3 is 0 Å². The lowest BCUT2D eigenvalue weighted by molar-refractivity contribution is -0.384. The van der Waals surface area contributed by atoms with Gasteiger partial charge in [-0.15, -0.1) is 0 Å². The van der Waals surface area contributed by atoms with E-state index >= 15 is 0 Å². The lowest BCUT2D eigenvalue weighted by Crippen LogP contribution is -2.23. The molecule has 0 radical (unpaired) electrons. The molecule has 11 heteroatoms. The Morgan fingerprint density at radius 1 is 1.50 bits per heavy atom. The van der Waals surface area contributed by atoms with Crippen LogP contribution in [-0.4, -0.2) is 33.1 Å². The average molecular weight is 350 g/mol. The topological polar surface area (TPSA) is 166 Å². The van der Waals surface area contributed by atoms with Crippen molar-refractivity contribution < 1.29 is 14.5 Å². The number of amides is 2. The number of aliphatic imine (C=N–C) groups is 2. The summed E-state index contributed by atoms with van der Waals surface area (Å²) >= 11 is 0.999. The molecule has 0 fully saturated rings. The summed E-state index contributed by atoms with van der Waals surface area (Å²) in [5.41, 5.74) is 11.3. The van der Waals surface area contributed by atoms with Crippen LogP contribution in [0.25, 0.3) is 0 Å². The Hall–Kier alpha value is -2.95. The van der Waals surface area contributed by atoms with Gasteiger partial charge in [0, 0.05) is 24.2 Å². The number of nitro groups is 1. The Kier molecular flexibility index (Phi) is 5.14. The SMILES string of the molecule is Cc1cc([N+](=O)[O-])ccc1NC(=O)C[C@H]1SC(N=C(N)N)=NC1=O. The second kappa shape index (κ2) is 7.08. The van der Waals surface area contributed by atoms with E-state index in [2.05, 4.69) is 15.3 Å². The van der Waals surface area contributed by atoms with Crippen molar-refractivity contribution in [1.82, 2.24) is 0 Å². The smallest absolute Gasteiger partial charge is 0.269 e. The summed E-state index contributed by atoms with van der Waals surface area (Å²) in [6, 6.07) is 4.08. The number of carbonyl (C=O) groups excluding carboxylic acids is 2. The number of carbonyl (C=O) groups is 2. The van der Waals surface area contributed by atoms with Crippen molar-refractivity contribution in [3.05, 3.63) is 33.9 Å². The second-order valence-corrected chi connectivity index (χ2v) is 6.05. The lowest BCUT2D eigenvalue weighted by atomic mass is 10.1. The lowest BCUT2D eigenvalue weighted by Gasteiger charge is -2.10. The van der Waals surface area contributed by atoms with Gasteiger partial charge in [-0.05, 0) is 18.6 Å². The molecule has 2 rings (SSSR count). The van der Waals surface area contributed by atoms with E-state index in [9.17, 15) is 19.7 Å². The highest BCUT2D eigenvalue weighted by atomic mass is 32.2. The molecule has 0 saturated carbocycles. The summed E-state index contributed by atoms with van der Waals surface area (Å²) in [6.45, 7) is 1.64. The predicted octanol–water partition coefficient (Wildman–Crippen LogP) is 0.503. The van der Waals surface area contributed by atoms with E-state index in [1.165, 1.54) is 18.2 Å². The molecule has 0 bridgehead atoms. The standard InChI is InChI=1S/C13H14N6O4S/c1-6-4-7(19(22)23)2-3-8(6)16-10(20)5-9-11(21)17-13(24-9)18-12(14)15/h2-4,9H,5H2,1H3,(H,16,20)(H4,14,15,17,18,21)/t9-/m1/s1. The molecule has 24 heavy (non-hydrogen) atoms. The molecule has 5 N–H and O–H groups in total. The van der Waals surface area contributed by atoms with Crippen molar-refractivity contribution in [2.75, 3.05) is 5.32 Å². The van der Waals surface area contributed by atoms with Crippen LogP contribution in [0.4, 0.5) is 11.4 Å². The molecule has 1 aromatic rings. The van der Waals surface area contributed by atoms with Crippen LogP contribution < -0.4 is 16.8 Å². The van der Waals surface area contributed by atoms with Gasteiger partial charge in [0.1, 0.15) is 5.25 Å². The van der Waals surface area contributed by atoms with Crippen LogP contribution in [0.1, 0.15) is 12.0 Å². The first-order valence-electron chi connectivity index (χ1n) is 6.70. The van der Waals surface area contributed by atoms with Gasteiger partial charge < -0.3 is 16.8 Å². The summed E-state index contributed by atoms with van der Waals surface area (Å²) < 4.78 is 0. The number of non-ortho nitro benzene ring substituents is 1. The van der Waals surface area contributed by atoms with E-state index < -0.39 is 22.0 Å². The molecule has 1 heterocycles. The number of nitro benzene ring substituents is 1. The zero-order valence-electron chi connectivity index (χ0n) is 12.6. The van der Waals surface area contributed by atoms with Gasteiger partial charge in [0.05, 0.1) is 4.92 Å². The summed E-state index contributed by atoms with van der Waals surface area (Å²) in [5.74, 6) is -1.13. The molecule has 1 atom stereocenters. The molecule has 1 aliphatic heterocycles. The van der Waals surface area contributed by atoms with Crippen molar-refractivity contribution in [3.8, 4) is 0 Å². The Bertz CT molecular complexity index is 772. The quantitative estimate of drug-likeness (QED) is 0.307. The predicted molar refractivity (Wildman–Crippen MR) is 90.7 cm³/mol. The molecule has 126 valence electrons. The third-order valence-electron chi connectivity index (χ3n) is 3.02. The zero-order chi connectivity index (χ0) is 17.9. The fourth-order valence-corrected chi connectivity index (χ4v) is 2.88. The van der Waals surface area contributed by atoms with Gasteiger partial charge in [0.15, 0.2) is 11.1 Å². The van der Waals surface area contributed by atoms with Gasteiger partial charge in [-0.3, -0.25) is 19.7 Å². The highest BCUT2D eigenvalue weighted by Gasteiger charge is 2.30. The van der Waals surface area contributed by atoms with Crippen LogP contribution in [0.5, 0.6) is 0 Å². The van der Waals surface area contributed by atoms with Gasteiger partial charge in [0.25, 0.3) is 11.6 Å². The number of anilines is 1. The monoisotopic (exact) mass is 350 g/mol. The number of thioether (sulfide) groups is 1. The second-order valence-electron chi connectivity index (χ2n) is 4.88. The third kappa shape index (κ3) is 4.29. The van der Waals surface area contributed by atoms with E-state index in [0.29, 0.717) is 11.3 Å². The minimum Gasteiger partial charge on any atom is -0.370 e. The number of rotatable bonds is 4. The van der Waals surface area contributed by atoms with Crippen molar-refractivity contribution in [2.24, 2.45) is 21.5 Å². The van der Waals surface area contributed by atoms with E-state index in [4.69, 9.17) is 11.5 Å². The Balaban J connectivity index is 1.99. The van der Waals surface area contributed by atoms with E-state index in [1.54, 1.807) is 6.92 Å². The number of nitrogens with one attached hydrogen (secondary N) is 1. The number of hydrogen-bond acceptors (Lipinski definition) is 6. The number of nitrogens with two attached hydrogens (primary N) is 2. The molecular weight excluding hydrogens is 336 g/mol. The van der Waals surface area contributed by atoms with Crippen LogP contribution in [0.2, 0.25) is 0 Å². The average Bonchev–Trinajstić information content (AvgIpc) is 2.79. The third-order valence-corrected chi connectivity index (χ3v) is 4.07. The van der Waals surface area contributed by atoms with Crippen molar-refractivity contribution >= 4 is 46.1 Å². The van der Waals surface area contributed by atoms with Crippen LogP contribution >= 0.6 is 11.8 Å². The van der Waals surface area contributed by atoms with E-state index in [0.717, 1.165) is 11.8 Å². The summed E-state index contributed by atoms with van der Waals surface area (Å²) in [5, 5.41) is 12.7. The maximum atomic E-state index is 12.1. The number of nitrogens with zero attached hydrogens (tertiary/aromatic N) is 3. The zero-order valence-corrected chi connectivity index (χ0v) is 13.4. The van der Waals surface area contributed by atoms with Crippen molar-refractivity contribution in [1.29, 1.82) is 0 Å².